The Morgan fingerprint density at radius 3 is 2.76 bits per heavy atom. The zero-order valence-corrected chi connectivity index (χ0v) is 14.4. The number of nitrogens with zero attached hydrogens (tertiary/aromatic N) is 3. The molecule has 0 bridgehead atoms. The molecule has 2 heterocycles. The first-order valence-electron chi connectivity index (χ1n) is 7.93. The third kappa shape index (κ3) is 4.22. The molecule has 1 aliphatic rings. The van der Waals surface area contributed by atoms with E-state index in [0.717, 1.165) is 31.4 Å². The molecule has 1 fully saturated rings. The van der Waals surface area contributed by atoms with Gasteiger partial charge >= 0.3 is 0 Å². The Morgan fingerprint density at radius 1 is 1.33 bits per heavy atom. The molecule has 0 aliphatic carbocycles. The summed E-state index contributed by atoms with van der Waals surface area (Å²) in [5, 5.41) is 3.80. The zero-order valence-electron chi connectivity index (χ0n) is 13.6. The molecule has 21 heavy (non-hydrogen) atoms. The molecule has 1 atom stereocenters. The highest BCUT2D eigenvalue weighted by Crippen LogP contribution is 2.36. The van der Waals surface area contributed by atoms with Crippen LogP contribution in [0.3, 0.4) is 0 Å². The summed E-state index contributed by atoms with van der Waals surface area (Å²) in [5.74, 6) is 2.29. The van der Waals surface area contributed by atoms with Gasteiger partial charge in [-0.1, -0.05) is 32.4 Å². The lowest BCUT2D eigenvalue weighted by Crippen LogP contribution is -2.27. The smallest absolute Gasteiger partial charge is 0.224 e. The first-order chi connectivity index (χ1) is 9.91. The Kier molecular flexibility index (Phi) is 5.31. The number of rotatable bonds is 3. The second-order valence-corrected chi connectivity index (χ2v) is 7.28. The number of aromatic nitrogens is 2. The van der Waals surface area contributed by atoms with Crippen LogP contribution in [0.2, 0.25) is 5.02 Å². The van der Waals surface area contributed by atoms with Gasteiger partial charge in [-0.2, -0.15) is 4.98 Å². The molecule has 0 amide bonds. The molecule has 0 spiro atoms. The molecule has 5 heteroatoms. The third-order valence-corrected chi connectivity index (χ3v) is 4.58. The van der Waals surface area contributed by atoms with Gasteiger partial charge in [-0.15, -0.1) is 0 Å². The first kappa shape index (κ1) is 16.3. The maximum absolute atomic E-state index is 6.31. The van der Waals surface area contributed by atoms with Crippen molar-refractivity contribution in [2.45, 2.75) is 47.0 Å². The number of hydrogen-bond donors (Lipinski definition) is 1. The average molecular weight is 311 g/mol. The second-order valence-electron chi connectivity index (χ2n) is 6.88. The summed E-state index contributed by atoms with van der Waals surface area (Å²) < 4.78 is 0. The lowest BCUT2D eigenvalue weighted by atomic mass is 9.77. The minimum absolute atomic E-state index is 0.375. The Balaban J connectivity index is 2.13. The van der Waals surface area contributed by atoms with E-state index < -0.39 is 0 Å². The Hall–Kier alpha value is -1.03. The van der Waals surface area contributed by atoms with Crippen LogP contribution in [0.1, 0.15) is 47.0 Å². The van der Waals surface area contributed by atoms with Gasteiger partial charge in [0.15, 0.2) is 5.82 Å². The van der Waals surface area contributed by atoms with E-state index in [2.05, 4.69) is 41.0 Å². The summed E-state index contributed by atoms with van der Waals surface area (Å²) >= 11 is 6.31. The third-order valence-electron chi connectivity index (χ3n) is 4.31. The van der Waals surface area contributed by atoms with Gasteiger partial charge in [0.05, 0.1) is 6.20 Å². The molecule has 0 aromatic carbocycles. The molecule has 1 aliphatic heterocycles. The van der Waals surface area contributed by atoms with Crippen LogP contribution >= 0.6 is 11.6 Å². The molecule has 1 saturated heterocycles. The van der Waals surface area contributed by atoms with Crippen LogP contribution in [-0.2, 0) is 0 Å². The van der Waals surface area contributed by atoms with Gasteiger partial charge in [0.25, 0.3) is 0 Å². The summed E-state index contributed by atoms with van der Waals surface area (Å²) in [4.78, 5) is 11.1. The van der Waals surface area contributed by atoms with E-state index in [1.807, 2.05) is 6.92 Å². The van der Waals surface area contributed by atoms with Crippen LogP contribution in [-0.4, -0.2) is 29.6 Å². The van der Waals surface area contributed by atoms with Crippen LogP contribution < -0.4 is 10.2 Å². The van der Waals surface area contributed by atoms with Crippen LogP contribution in [0.4, 0.5) is 11.8 Å². The van der Waals surface area contributed by atoms with Gasteiger partial charge in [-0.3, -0.25) is 0 Å². The molecule has 1 aromatic rings. The molecule has 0 radical (unpaired) electrons. The van der Waals surface area contributed by atoms with E-state index in [4.69, 9.17) is 11.6 Å². The van der Waals surface area contributed by atoms with Crippen LogP contribution in [0.25, 0.3) is 0 Å². The molecule has 2 rings (SSSR count). The van der Waals surface area contributed by atoms with Gasteiger partial charge in [-0.05, 0) is 37.5 Å². The van der Waals surface area contributed by atoms with Crippen molar-refractivity contribution in [2.24, 2.45) is 11.3 Å². The van der Waals surface area contributed by atoms with E-state index in [-0.39, 0.29) is 0 Å². The normalized spacial score (nSPS) is 20.2. The van der Waals surface area contributed by atoms with Gasteiger partial charge in [0.1, 0.15) is 5.02 Å². The standard InChI is InChI=1S/C16H27ClN4/c1-5-18-15-19-11-13(17)14(20-15)21-9-6-7-12(8-10-21)16(2,3)4/h11-12H,5-10H2,1-4H3,(H,18,19,20). The summed E-state index contributed by atoms with van der Waals surface area (Å²) in [6, 6.07) is 0. The van der Waals surface area contributed by atoms with Crippen molar-refractivity contribution < 1.29 is 0 Å². The maximum atomic E-state index is 6.31. The predicted molar refractivity (Wildman–Crippen MR) is 90.2 cm³/mol. The Bertz CT molecular complexity index is 470. The van der Waals surface area contributed by atoms with Crippen LogP contribution in [0.5, 0.6) is 0 Å². The van der Waals surface area contributed by atoms with Gasteiger partial charge < -0.3 is 10.2 Å². The second kappa shape index (κ2) is 6.82. The molecule has 4 nitrogen and oxygen atoms in total. The molecule has 1 N–H and O–H groups in total. The number of anilines is 2. The van der Waals surface area contributed by atoms with Crippen LogP contribution in [0.15, 0.2) is 6.20 Å². The van der Waals surface area contributed by atoms with Crippen molar-refractivity contribution in [3.63, 3.8) is 0 Å². The van der Waals surface area contributed by atoms with Crippen LogP contribution in [0, 0.1) is 11.3 Å². The van der Waals surface area contributed by atoms with E-state index in [0.29, 0.717) is 16.4 Å². The van der Waals surface area contributed by atoms with Gasteiger partial charge in [-0.25, -0.2) is 4.98 Å². The van der Waals surface area contributed by atoms with Crippen molar-refractivity contribution in [1.82, 2.24) is 9.97 Å². The average Bonchev–Trinajstić information content (AvgIpc) is 2.66. The van der Waals surface area contributed by atoms with Gasteiger partial charge in [0.2, 0.25) is 5.95 Å². The minimum Gasteiger partial charge on any atom is -0.355 e. The monoisotopic (exact) mass is 310 g/mol. The molecule has 1 unspecified atom stereocenters. The van der Waals surface area contributed by atoms with E-state index in [9.17, 15) is 0 Å². The molecular weight excluding hydrogens is 284 g/mol. The zero-order chi connectivity index (χ0) is 15.5. The van der Waals surface area contributed by atoms with Crippen molar-refractivity contribution in [1.29, 1.82) is 0 Å². The topological polar surface area (TPSA) is 41.1 Å². The Morgan fingerprint density at radius 2 is 2.10 bits per heavy atom. The van der Waals surface area contributed by atoms with Crippen molar-refractivity contribution in [3.05, 3.63) is 11.2 Å². The predicted octanol–water partition coefficient (Wildman–Crippen LogP) is 4.21. The molecule has 118 valence electrons. The lowest BCUT2D eigenvalue weighted by Gasteiger charge is -2.30. The van der Waals surface area contributed by atoms with E-state index >= 15 is 0 Å². The first-order valence-corrected chi connectivity index (χ1v) is 8.31. The van der Waals surface area contributed by atoms with Crippen molar-refractivity contribution in [2.75, 3.05) is 29.9 Å². The number of nitrogens with one attached hydrogen (secondary N) is 1. The highest BCUT2D eigenvalue weighted by Gasteiger charge is 2.28. The fourth-order valence-corrected chi connectivity index (χ4v) is 3.21. The van der Waals surface area contributed by atoms with E-state index in [1.54, 1.807) is 6.20 Å². The molecule has 1 aromatic heterocycles. The van der Waals surface area contributed by atoms with Gasteiger partial charge in [0, 0.05) is 19.6 Å². The summed E-state index contributed by atoms with van der Waals surface area (Å²) in [6.07, 6.45) is 5.37. The number of halogens is 1. The summed E-state index contributed by atoms with van der Waals surface area (Å²) in [6.45, 7) is 11.9. The lowest BCUT2D eigenvalue weighted by molar-refractivity contribution is 0.220. The molecule has 0 saturated carbocycles. The minimum atomic E-state index is 0.375. The highest BCUT2D eigenvalue weighted by molar-refractivity contribution is 6.32. The maximum Gasteiger partial charge on any atom is 0.224 e. The van der Waals surface area contributed by atoms with E-state index in [1.165, 1.54) is 19.3 Å². The summed E-state index contributed by atoms with van der Waals surface area (Å²) in [5.41, 5.74) is 0.375. The van der Waals surface area contributed by atoms with Crippen molar-refractivity contribution >= 4 is 23.4 Å². The largest absolute Gasteiger partial charge is 0.355 e. The summed E-state index contributed by atoms with van der Waals surface area (Å²) in [7, 11) is 0. The number of hydrogen-bond acceptors (Lipinski definition) is 4. The van der Waals surface area contributed by atoms with Crippen molar-refractivity contribution in [3.8, 4) is 0 Å². The molecular formula is C16H27ClN4. The SMILES string of the molecule is CCNc1ncc(Cl)c(N2CCCC(C(C)(C)C)CC2)n1. The quantitative estimate of drug-likeness (QED) is 0.907. The Labute approximate surface area is 133 Å². The fraction of sp³-hybridized carbons (Fsp3) is 0.750. The fourth-order valence-electron chi connectivity index (χ4n) is 3.00. The highest BCUT2D eigenvalue weighted by atomic mass is 35.5.